The third-order valence-corrected chi connectivity index (χ3v) is 4.64. The molecule has 1 unspecified atom stereocenters. The molecule has 1 aromatic carbocycles. The van der Waals surface area contributed by atoms with Gasteiger partial charge in [0.15, 0.2) is 0 Å². The molecule has 1 saturated carbocycles. The van der Waals surface area contributed by atoms with Gasteiger partial charge in [0.05, 0.1) is 0 Å². The number of nitrogens with one attached hydrogen (secondary N) is 1. The lowest BCUT2D eigenvalue weighted by Gasteiger charge is -2.38. The van der Waals surface area contributed by atoms with Gasteiger partial charge in [-0.3, -0.25) is 4.90 Å². The fraction of sp³-hybridized carbons (Fsp3) is 0.625. The molecular weight excluding hydrogens is 239 g/mol. The van der Waals surface area contributed by atoms with Gasteiger partial charge in [0.2, 0.25) is 0 Å². The Hall–Kier alpha value is -0.930. The summed E-state index contributed by atoms with van der Waals surface area (Å²) in [6.07, 6.45) is 4.99. The topological polar surface area (TPSA) is 15.3 Å². The average molecular weight is 264 g/mol. The van der Waals surface area contributed by atoms with Crippen LogP contribution in [0.4, 0.5) is 4.39 Å². The standard InChI is InChI=1S/C16H25FN2/c1-12(13-4-6-14(17)7-5-13)19(3)16-10-8-15(18-2)9-11-16/h4-7,12,15-16,18H,8-11H2,1-3H3. The summed E-state index contributed by atoms with van der Waals surface area (Å²) in [5.74, 6) is -0.159. The number of hydrogen-bond acceptors (Lipinski definition) is 2. The van der Waals surface area contributed by atoms with Gasteiger partial charge in [0.25, 0.3) is 0 Å². The van der Waals surface area contributed by atoms with Crippen molar-refractivity contribution in [2.75, 3.05) is 14.1 Å². The summed E-state index contributed by atoms with van der Waals surface area (Å²) in [5.41, 5.74) is 1.19. The summed E-state index contributed by atoms with van der Waals surface area (Å²) in [6.45, 7) is 2.21. The van der Waals surface area contributed by atoms with E-state index in [9.17, 15) is 4.39 Å². The van der Waals surface area contributed by atoms with E-state index in [-0.39, 0.29) is 5.82 Å². The van der Waals surface area contributed by atoms with E-state index in [0.29, 0.717) is 18.1 Å². The molecule has 1 atom stereocenters. The molecule has 0 saturated heterocycles. The van der Waals surface area contributed by atoms with Gasteiger partial charge >= 0.3 is 0 Å². The minimum atomic E-state index is -0.159. The monoisotopic (exact) mass is 264 g/mol. The zero-order valence-corrected chi connectivity index (χ0v) is 12.2. The molecule has 2 rings (SSSR count). The minimum Gasteiger partial charge on any atom is -0.317 e. The largest absolute Gasteiger partial charge is 0.317 e. The molecule has 0 aliphatic heterocycles. The fourth-order valence-corrected chi connectivity index (χ4v) is 3.06. The Bertz CT molecular complexity index is 382. The third-order valence-electron chi connectivity index (χ3n) is 4.64. The molecule has 0 bridgehead atoms. The lowest BCUT2D eigenvalue weighted by Crippen LogP contribution is -2.40. The molecule has 0 amide bonds. The third kappa shape index (κ3) is 3.54. The Kier molecular flexibility index (Phi) is 4.94. The zero-order chi connectivity index (χ0) is 13.8. The van der Waals surface area contributed by atoms with Crippen molar-refractivity contribution in [1.29, 1.82) is 0 Å². The van der Waals surface area contributed by atoms with E-state index < -0.39 is 0 Å². The highest BCUT2D eigenvalue weighted by atomic mass is 19.1. The van der Waals surface area contributed by atoms with E-state index >= 15 is 0 Å². The van der Waals surface area contributed by atoms with Crippen LogP contribution in [-0.2, 0) is 0 Å². The van der Waals surface area contributed by atoms with Gasteiger partial charge in [-0.2, -0.15) is 0 Å². The summed E-state index contributed by atoms with van der Waals surface area (Å²) in [6, 6.07) is 8.58. The summed E-state index contributed by atoms with van der Waals surface area (Å²) in [5, 5.41) is 3.37. The normalized spacial score (nSPS) is 25.5. The van der Waals surface area contributed by atoms with Crippen LogP contribution in [0.2, 0.25) is 0 Å². The first-order valence-electron chi connectivity index (χ1n) is 7.26. The lowest BCUT2D eigenvalue weighted by atomic mass is 9.89. The molecule has 2 nitrogen and oxygen atoms in total. The van der Waals surface area contributed by atoms with Gasteiger partial charge in [-0.15, -0.1) is 0 Å². The molecule has 106 valence electrons. The van der Waals surface area contributed by atoms with Crippen molar-refractivity contribution in [3.05, 3.63) is 35.6 Å². The van der Waals surface area contributed by atoms with Gasteiger partial charge < -0.3 is 5.32 Å². The predicted molar refractivity (Wildman–Crippen MR) is 77.7 cm³/mol. The SMILES string of the molecule is CNC1CCC(N(C)C(C)c2ccc(F)cc2)CC1. The molecule has 1 aliphatic carbocycles. The Labute approximate surface area is 116 Å². The maximum absolute atomic E-state index is 13.0. The molecule has 1 fully saturated rings. The summed E-state index contributed by atoms with van der Waals surface area (Å²) in [7, 11) is 4.24. The van der Waals surface area contributed by atoms with Crippen LogP contribution < -0.4 is 5.32 Å². The van der Waals surface area contributed by atoms with Crippen molar-refractivity contribution in [2.24, 2.45) is 0 Å². The van der Waals surface area contributed by atoms with E-state index in [1.54, 1.807) is 12.1 Å². The van der Waals surface area contributed by atoms with Gasteiger partial charge in [-0.05, 0) is 64.4 Å². The highest BCUT2D eigenvalue weighted by Gasteiger charge is 2.26. The van der Waals surface area contributed by atoms with Crippen molar-refractivity contribution in [2.45, 2.75) is 50.7 Å². The molecule has 0 heterocycles. The molecule has 0 spiro atoms. The van der Waals surface area contributed by atoms with Crippen molar-refractivity contribution in [3.63, 3.8) is 0 Å². The minimum absolute atomic E-state index is 0.159. The first-order valence-corrected chi connectivity index (χ1v) is 7.26. The molecule has 19 heavy (non-hydrogen) atoms. The summed E-state index contributed by atoms with van der Waals surface area (Å²) in [4.78, 5) is 2.44. The van der Waals surface area contributed by atoms with E-state index in [1.165, 1.54) is 31.2 Å². The molecule has 1 aliphatic rings. The van der Waals surface area contributed by atoms with Crippen molar-refractivity contribution in [3.8, 4) is 0 Å². The number of nitrogens with zero attached hydrogens (tertiary/aromatic N) is 1. The van der Waals surface area contributed by atoms with Crippen LogP contribution in [0.1, 0.15) is 44.2 Å². The molecule has 1 aromatic rings. The second kappa shape index (κ2) is 6.49. The molecule has 0 aromatic heterocycles. The first-order chi connectivity index (χ1) is 9.11. The predicted octanol–water partition coefficient (Wildman–Crippen LogP) is 3.35. The average Bonchev–Trinajstić information content (AvgIpc) is 2.46. The van der Waals surface area contributed by atoms with E-state index in [1.807, 2.05) is 12.1 Å². The van der Waals surface area contributed by atoms with Crippen molar-refractivity contribution < 1.29 is 4.39 Å². The van der Waals surface area contributed by atoms with E-state index in [2.05, 4.69) is 31.2 Å². The second-order valence-corrected chi connectivity index (χ2v) is 5.69. The van der Waals surface area contributed by atoms with E-state index in [4.69, 9.17) is 0 Å². The highest BCUT2D eigenvalue weighted by Crippen LogP contribution is 2.28. The smallest absolute Gasteiger partial charge is 0.123 e. The van der Waals surface area contributed by atoms with Gasteiger partial charge in [0, 0.05) is 18.1 Å². The van der Waals surface area contributed by atoms with Gasteiger partial charge in [-0.25, -0.2) is 4.39 Å². The van der Waals surface area contributed by atoms with Crippen LogP contribution in [0.5, 0.6) is 0 Å². The first kappa shape index (κ1) is 14.5. The number of benzene rings is 1. The van der Waals surface area contributed by atoms with Gasteiger partial charge in [-0.1, -0.05) is 12.1 Å². The highest BCUT2D eigenvalue weighted by molar-refractivity contribution is 5.19. The Morgan fingerprint density at radius 1 is 1.16 bits per heavy atom. The maximum atomic E-state index is 13.0. The van der Waals surface area contributed by atoms with Crippen LogP contribution >= 0.6 is 0 Å². The van der Waals surface area contributed by atoms with Crippen molar-refractivity contribution in [1.82, 2.24) is 10.2 Å². The summed E-state index contributed by atoms with van der Waals surface area (Å²) < 4.78 is 13.0. The van der Waals surface area contributed by atoms with E-state index in [0.717, 1.165) is 0 Å². The molecule has 0 radical (unpaired) electrons. The quantitative estimate of drug-likeness (QED) is 0.897. The molecular formula is C16H25FN2. The van der Waals surface area contributed by atoms with Crippen LogP contribution in [0.3, 0.4) is 0 Å². The maximum Gasteiger partial charge on any atom is 0.123 e. The number of hydrogen-bond donors (Lipinski definition) is 1. The number of halogens is 1. The van der Waals surface area contributed by atoms with Crippen LogP contribution in [0.25, 0.3) is 0 Å². The zero-order valence-electron chi connectivity index (χ0n) is 12.2. The Balaban J connectivity index is 1.95. The Morgan fingerprint density at radius 2 is 1.74 bits per heavy atom. The fourth-order valence-electron chi connectivity index (χ4n) is 3.06. The molecule has 1 N–H and O–H groups in total. The Morgan fingerprint density at radius 3 is 2.26 bits per heavy atom. The summed E-state index contributed by atoms with van der Waals surface area (Å²) >= 11 is 0. The lowest BCUT2D eigenvalue weighted by molar-refractivity contribution is 0.136. The molecule has 3 heteroatoms. The van der Waals surface area contributed by atoms with Gasteiger partial charge in [0.1, 0.15) is 5.82 Å². The van der Waals surface area contributed by atoms with Crippen LogP contribution in [0.15, 0.2) is 24.3 Å². The van der Waals surface area contributed by atoms with Crippen LogP contribution in [0, 0.1) is 5.82 Å². The second-order valence-electron chi connectivity index (χ2n) is 5.69. The van der Waals surface area contributed by atoms with Crippen molar-refractivity contribution >= 4 is 0 Å². The number of rotatable bonds is 4. The van der Waals surface area contributed by atoms with Crippen LogP contribution in [-0.4, -0.2) is 31.1 Å².